The maximum Gasteiger partial charge on any atom is 0.189 e. The molecule has 0 aromatic heterocycles. The number of methoxy groups -OCH3 is 2. The van der Waals surface area contributed by atoms with Crippen molar-refractivity contribution in [1.29, 1.82) is 0 Å². The third-order valence-corrected chi connectivity index (χ3v) is 4.51. The Balaban J connectivity index is 2.06. The first-order valence-corrected chi connectivity index (χ1v) is 8.58. The zero-order valence-electron chi connectivity index (χ0n) is 15.4. The van der Waals surface area contributed by atoms with E-state index >= 15 is 0 Å². The van der Waals surface area contributed by atoms with Crippen LogP contribution in [0.3, 0.4) is 0 Å². The van der Waals surface area contributed by atoms with Crippen LogP contribution in [0.15, 0.2) is 35.4 Å². The van der Waals surface area contributed by atoms with Crippen LogP contribution in [0.4, 0.5) is 0 Å². The summed E-state index contributed by atoms with van der Waals surface area (Å²) in [6.07, 6.45) is 8.29. The Morgan fingerprint density at radius 2 is 1.88 bits per heavy atom. The lowest BCUT2D eigenvalue weighted by atomic mass is 9.98. The number of carbonyl (C=O) groups excluding carboxylic acids is 1. The molecule has 0 saturated heterocycles. The molecule has 0 spiro atoms. The second-order valence-electron chi connectivity index (χ2n) is 6.80. The Hall–Kier alpha value is -2.03. The van der Waals surface area contributed by atoms with Gasteiger partial charge in [0.25, 0.3) is 0 Å². The quantitative estimate of drug-likeness (QED) is 0.513. The highest BCUT2D eigenvalue weighted by Crippen LogP contribution is 2.36. The zero-order valence-corrected chi connectivity index (χ0v) is 15.4. The van der Waals surface area contributed by atoms with E-state index in [0.717, 1.165) is 36.0 Å². The molecule has 3 heteroatoms. The zero-order chi connectivity index (χ0) is 17.7. The van der Waals surface area contributed by atoms with Crippen molar-refractivity contribution in [3.63, 3.8) is 0 Å². The SMILES string of the molecule is COc1cc2c(cc1OC)C(=O)/C(=C\CC(C)CCC=C(C)C)C2. The van der Waals surface area contributed by atoms with Gasteiger partial charge in [-0.05, 0) is 56.7 Å². The monoisotopic (exact) mass is 328 g/mol. The van der Waals surface area contributed by atoms with Gasteiger partial charge in [0, 0.05) is 17.6 Å². The van der Waals surface area contributed by atoms with Crippen LogP contribution < -0.4 is 9.47 Å². The number of hydrogen-bond acceptors (Lipinski definition) is 3. The fourth-order valence-electron chi connectivity index (χ4n) is 3.02. The summed E-state index contributed by atoms with van der Waals surface area (Å²) in [7, 11) is 3.21. The first kappa shape index (κ1) is 18.3. The van der Waals surface area contributed by atoms with Gasteiger partial charge in [0.2, 0.25) is 0 Å². The van der Waals surface area contributed by atoms with Crippen LogP contribution >= 0.6 is 0 Å². The standard InChI is InChI=1S/C21H28O3/c1-14(2)7-6-8-15(3)9-10-16-11-17-12-19(23-4)20(24-5)13-18(17)21(16)22/h7,10,12-13,15H,6,8-9,11H2,1-5H3/b16-10-. The Morgan fingerprint density at radius 3 is 2.50 bits per heavy atom. The van der Waals surface area contributed by atoms with E-state index in [2.05, 4.69) is 32.9 Å². The van der Waals surface area contributed by atoms with Crippen LogP contribution in [-0.2, 0) is 6.42 Å². The highest BCUT2D eigenvalue weighted by molar-refractivity contribution is 6.13. The summed E-state index contributed by atoms with van der Waals surface area (Å²) in [4.78, 5) is 12.6. The maximum atomic E-state index is 12.6. The van der Waals surface area contributed by atoms with Crippen molar-refractivity contribution >= 4 is 5.78 Å². The van der Waals surface area contributed by atoms with Gasteiger partial charge >= 0.3 is 0 Å². The molecule has 0 bridgehead atoms. The minimum atomic E-state index is 0.127. The lowest BCUT2D eigenvalue weighted by Gasteiger charge is -2.08. The summed E-state index contributed by atoms with van der Waals surface area (Å²) in [6, 6.07) is 3.72. The van der Waals surface area contributed by atoms with E-state index in [1.54, 1.807) is 20.3 Å². The topological polar surface area (TPSA) is 35.5 Å². The third kappa shape index (κ3) is 4.28. The summed E-state index contributed by atoms with van der Waals surface area (Å²) in [5.41, 5.74) is 4.04. The third-order valence-electron chi connectivity index (χ3n) is 4.51. The van der Waals surface area contributed by atoms with Crippen LogP contribution in [0.2, 0.25) is 0 Å². The summed E-state index contributed by atoms with van der Waals surface area (Å²) in [5, 5.41) is 0. The van der Waals surface area contributed by atoms with E-state index in [4.69, 9.17) is 9.47 Å². The number of ketones is 1. The second kappa shape index (κ2) is 8.18. The first-order valence-electron chi connectivity index (χ1n) is 8.58. The molecule has 1 aromatic rings. The molecule has 1 aromatic carbocycles. The highest BCUT2D eigenvalue weighted by atomic mass is 16.5. The fraction of sp³-hybridized carbons (Fsp3) is 0.476. The van der Waals surface area contributed by atoms with E-state index in [9.17, 15) is 4.79 Å². The summed E-state index contributed by atoms with van der Waals surface area (Å²) < 4.78 is 10.6. The van der Waals surface area contributed by atoms with Gasteiger partial charge in [-0.25, -0.2) is 0 Å². The van der Waals surface area contributed by atoms with Gasteiger partial charge in [-0.3, -0.25) is 4.79 Å². The van der Waals surface area contributed by atoms with Crippen LogP contribution in [0.5, 0.6) is 11.5 Å². The number of ether oxygens (including phenoxy) is 2. The molecule has 0 amide bonds. The molecule has 1 unspecified atom stereocenters. The second-order valence-corrected chi connectivity index (χ2v) is 6.80. The molecule has 0 aliphatic heterocycles. The van der Waals surface area contributed by atoms with Gasteiger partial charge in [-0.15, -0.1) is 0 Å². The summed E-state index contributed by atoms with van der Waals surface area (Å²) in [5.74, 6) is 2.00. The first-order chi connectivity index (χ1) is 11.5. The van der Waals surface area contributed by atoms with Crippen LogP contribution in [0.1, 0.15) is 56.0 Å². The number of benzene rings is 1. The summed E-state index contributed by atoms with van der Waals surface area (Å²) in [6.45, 7) is 6.50. The van der Waals surface area contributed by atoms with E-state index < -0.39 is 0 Å². The molecule has 0 N–H and O–H groups in total. The molecule has 1 aliphatic carbocycles. The highest BCUT2D eigenvalue weighted by Gasteiger charge is 2.27. The number of carbonyl (C=O) groups is 1. The maximum absolute atomic E-state index is 12.6. The van der Waals surface area contributed by atoms with Gasteiger partial charge in [0.05, 0.1) is 14.2 Å². The molecule has 0 saturated carbocycles. The van der Waals surface area contributed by atoms with E-state index in [-0.39, 0.29) is 5.78 Å². The van der Waals surface area contributed by atoms with Crippen molar-refractivity contribution in [1.82, 2.24) is 0 Å². The van der Waals surface area contributed by atoms with Gasteiger partial charge in [0.15, 0.2) is 17.3 Å². The molecular weight excluding hydrogens is 300 g/mol. The lowest BCUT2D eigenvalue weighted by molar-refractivity contribution is 0.103. The minimum absolute atomic E-state index is 0.127. The number of rotatable bonds is 7. The smallest absolute Gasteiger partial charge is 0.189 e. The van der Waals surface area contributed by atoms with Gasteiger partial charge < -0.3 is 9.47 Å². The van der Waals surface area contributed by atoms with E-state index in [0.29, 0.717) is 23.8 Å². The number of fused-ring (bicyclic) bond motifs is 1. The Morgan fingerprint density at radius 1 is 1.21 bits per heavy atom. The van der Waals surface area contributed by atoms with Crippen molar-refractivity contribution in [2.75, 3.05) is 14.2 Å². The average molecular weight is 328 g/mol. The summed E-state index contributed by atoms with van der Waals surface area (Å²) >= 11 is 0. The normalized spacial score (nSPS) is 16.0. The molecule has 0 radical (unpaired) electrons. The molecule has 0 fully saturated rings. The molecular formula is C21H28O3. The number of hydrogen-bond donors (Lipinski definition) is 0. The van der Waals surface area contributed by atoms with Gasteiger partial charge in [-0.2, -0.15) is 0 Å². The molecule has 2 rings (SSSR count). The van der Waals surface area contributed by atoms with Crippen LogP contribution in [-0.4, -0.2) is 20.0 Å². The predicted molar refractivity (Wildman–Crippen MR) is 98.1 cm³/mol. The van der Waals surface area contributed by atoms with Crippen molar-refractivity contribution in [3.8, 4) is 11.5 Å². The van der Waals surface area contributed by atoms with Crippen LogP contribution in [0.25, 0.3) is 0 Å². The number of allylic oxidation sites excluding steroid dienone is 4. The minimum Gasteiger partial charge on any atom is -0.493 e. The molecule has 24 heavy (non-hydrogen) atoms. The molecule has 130 valence electrons. The van der Waals surface area contributed by atoms with Crippen molar-refractivity contribution < 1.29 is 14.3 Å². The molecule has 1 atom stereocenters. The van der Waals surface area contributed by atoms with E-state index in [1.807, 2.05) is 6.07 Å². The van der Waals surface area contributed by atoms with Crippen molar-refractivity contribution in [3.05, 3.63) is 46.6 Å². The molecule has 3 nitrogen and oxygen atoms in total. The van der Waals surface area contributed by atoms with E-state index in [1.165, 1.54) is 5.57 Å². The largest absolute Gasteiger partial charge is 0.493 e. The molecule has 1 aliphatic rings. The number of Topliss-reactive ketones (excluding diaryl/α,β-unsaturated/α-hetero) is 1. The Bertz CT molecular complexity index is 664. The van der Waals surface area contributed by atoms with Crippen LogP contribution in [0, 0.1) is 5.92 Å². The van der Waals surface area contributed by atoms with Gasteiger partial charge in [0.1, 0.15) is 0 Å². The fourth-order valence-corrected chi connectivity index (χ4v) is 3.02. The molecule has 0 heterocycles. The Kier molecular flexibility index (Phi) is 6.24. The van der Waals surface area contributed by atoms with Crippen molar-refractivity contribution in [2.45, 2.75) is 46.5 Å². The van der Waals surface area contributed by atoms with Crippen molar-refractivity contribution in [2.24, 2.45) is 5.92 Å². The predicted octanol–water partition coefficient (Wildman–Crippen LogP) is 5.14. The van der Waals surface area contributed by atoms with Gasteiger partial charge in [-0.1, -0.05) is 24.6 Å². The Labute approximate surface area is 145 Å². The lowest BCUT2D eigenvalue weighted by Crippen LogP contribution is -1.99. The average Bonchev–Trinajstić information content (AvgIpc) is 2.86.